The number of nitrogens with two attached hydrogens (primary N) is 2. The number of ether oxygens (including phenoxy) is 2. The van der Waals surface area contributed by atoms with Crippen LogP contribution in [-0.2, 0) is 9.47 Å². The first-order valence-corrected chi connectivity index (χ1v) is 6.20. The third-order valence-corrected chi connectivity index (χ3v) is 1.72. The maximum absolute atomic E-state index is 5.04. The molecule has 7 heteroatoms. The molecule has 0 saturated heterocycles. The van der Waals surface area contributed by atoms with Crippen LogP contribution in [0.5, 0.6) is 0 Å². The van der Waals surface area contributed by atoms with Crippen LogP contribution in [0.25, 0.3) is 0 Å². The molecule has 0 spiro atoms. The van der Waals surface area contributed by atoms with E-state index in [1.807, 2.05) is 0 Å². The van der Waals surface area contributed by atoms with Gasteiger partial charge in [0.1, 0.15) is 0 Å². The molecule has 0 aliphatic carbocycles. The summed E-state index contributed by atoms with van der Waals surface area (Å²) in [5, 5.41) is 0.303. The van der Waals surface area contributed by atoms with E-state index in [9.17, 15) is 0 Å². The molecule has 0 unspecified atom stereocenters. The Labute approximate surface area is 128 Å². The maximum atomic E-state index is 5.04. The molecular formula is C10H23LiN2O2S2. The van der Waals surface area contributed by atoms with E-state index in [0.29, 0.717) is 13.2 Å². The molecule has 0 aromatic rings. The van der Waals surface area contributed by atoms with E-state index in [4.69, 9.17) is 20.9 Å². The first-order chi connectivity index (χ1) is 7.54. The van der Waals surface area contributed by atoms with Crippen molar-refractivity contribution >= 4 is 34.8 Å². The zero-order chi connectivity index (χ0) is 12.8. The van der Waals surface area contributed by atoms with Gasteiger partial charge >= 0.3 is 18.9 Å². The Kier molecular flexibility index (Phi) is 23.9. The van der Waals surface area contributed by atoms with Crippen LogP contribution in [0.4, 0.5) is 0 Å². The van der Waals surface area contributed by atoms with Crippen molar-refractivity contribution < 1.29 is 29.8 Å². The summed E-state index contributed by atoms with van der Waals surface area (Å²) < 4.78 is 9.58. The van der Waals surface area contributed by atoms with Gasteiger partial charge in [0.2, 0.25) is 0 Å². The van der Waals surface area contributed by atoms with Crippen LogP contribution in [0.2, 0.25) is 0 Å². The number of rotatable bonds is 6. The van der Waals surface area contributed by atoms with Gasteiger partial charge in [0.05, 0.1) is 13.2 Å². The molecule has 0 atom stereocenters. The van der Waals surface area contributed by atoms with Crippen LogP contribution in [0.15, 0.2) is 0 Å². The van der Waals surface area contributed by atoms with Gasteiger partial charge in [-0.3, -0.25) is 0 Å². The fourth-order valence-corrected chi connectivity index (χ4v) is 0.801. The van der Waals surface area contributed by atoms with Gasteiger partial charge in [0, 0.05) is 0 Å². The van der Waals surface area contributed by atoms with Gasteiger partial charge in [-0.1, -0.05) is 26.7 Å². The molecule has 0 saturated carbocycles. The second kappa shape index (κ2) is 18.3. The summed E-state index contributed by atoms with van der Waals surface area (Å²) in [6.07, 6.45) is 4.28. The third-order valence-electron chi connectivity index (χ3n) is 1.48. The largest absolute Gasteiger partial charge is 1.00 e. The molecule has 17 heavy (non-hydrogen) atoms. The van der Waals surface area contributed by atoms with E-state index < -0.39 is 0 Å². The SMILES string of the molecule is CCCCOC(N)=S.CCCCOC(N)=S.[H-].[Li+]. The van der Waals surface area contributed by atoms with Gasteiger partial charge in [-0.15, -0.1) is 0 Å². The summed E-state index contributed by atoms with van der Waals surface area (Å²) in [6, 6.07) is 0. The summed E-state index contributed by atoms with van der Waals surface area (Å²) in [5.41, 5.74) is 10.1. The summed E-state index contributed by atoms with van der Waals surface area (Å²) in [6.45, 7) is 5.49. The first-order valence-electron chi connectivity index (χ1n) is 5.39. The van der Waals surface area contributed by atoms with Crippen molar-refractivity contribution in [3.63, 3.8) is 0 Å². The van der Waals surface area contributed by atoms with Crippen molar-refractivity contribution in [2.24, 2.45) is 11.5 Å². The average Bonchev–Trinajstić information content (AvgIpc) is 2.18. The number of thiocarbonyl (C=S) groups is 2. The van der Waals surface area contributed by atoms with Crippen LogP contribution in [0.3, 0.4) is 0 Å². The predicted molar refractivity (Wildman–Crippen MR) is 76.4 cm³/mol. The second-order valence-electron chi connectivity index (χ2n) is 3.04. The van der Waals surface area contributed by atoms with Gasteiger partial charge in [-0.05, 0) is 37.3 Å². The van der Waals surface area contributed by atoms with Gasteiger partial charge in [0.15, 0.2) is 0 Å². The molecule has 0 bridgehead atoms. The van der Waals surface area contributed by atoms with E-state index >= 15 is 0 Å². The summed E-state index contributed by atoms with van der Waals surface area (Å²) >= 11 is 8.93. The van der Waals surface area contributed by atoms with Crippen molar-refractivity contribution in [1.29, 1.82) is 0 Å². The third kappa shape index (κ3) is 31.4. The van der Waals surface area contributed by atoms with Crippen molar-refractivity contribution in [3.05, 3.63) is 0 Å². The molecule has 0 amide bonds. The molecule has 0 aromatic carbocycles. The Morgan fingerprint density at radius 3 is 1.41 bits per heavy atom. The van der Waals surface area contributed by atoms with E-state index in [-0.39, 0.29) is 30.6 Å². The molecule has 0 rings (SSSR count). The maximum Gasteiger partial charge on any atom is 1.00 e. The van der Waals surface area contributed by atoms with E-state index in [1.54, 1.807) is 0 Å². The minimum absolute atomic E-state index is 0. The van der Waals surface area contributed by atoms with E-state index in [0.717, 1.165) is 25.7 Å². The summed E-state index contributed by atoms with van der Waals surface area (Å²) in [7, 11) is 0. The quantitative estimate of drug-likeness (QED) is 0.376. The van der Waals surface area contributed by atoms with Crippen molar-refractivity contribution in [3.8, 4) is 0 Å². The Balaban J connectivity index is -0.0000000980. The molecule has 0 aliphatic heterocycles. The molecular weight excluding hydrogens is 251 g/mol. The zero-order valence-electron chi connectivity index (χ0n) is 12.0. The minimum atomic E-state index is 0. The normalized spacial score (nSPS) is 8.12. The fourth-order valence-electron chi connectivity index (χ4n) is 0.634. The van der Waals surface area contributed by atoms with Gasteiger partial charge in [-0.25, -0.2) is 0 Å². The van der Waals surface area contributed by atoms with Gasteiger partial charge in [0.25, 0.3) is 10.3 Å². The van der Waals surface area contributed by atoms with E-state index in [2.05, 4.69) is 38.3 Å². The van der Waals surface area contributed by atoms with E-state index in [1.165, 1.54) is 0 Å². The Morgan fingerprint density at radius 2 is 1.24 bits per heavy atom. The molecule has 4 nitrogen and oxygen atoms in total. The topological polar surface area (TPSA) is 70.5 Å². The minimum Gasteiger partial charge on any atom is -1.00 e. The zero-order valence-corrected chi connectivity index (χ0v) is 12.7. The molecule has 0 heterocycles. The Bertz CT molecular complexity index is 181. The van der Waals surface area contributed by atoms with Gasteiger partial charge in [-0.2, -0.15) is 0 Å². The summed E-state index contributed by atoms with van der Waals surface area (Å²) in [4.78, 5) is 0. The van der Waals surface area contributed by atoms with Crippen molar-refractivity contribution in [2.45, 2.75) is 39.5 Å². The number of hydrogen-bond donors (Lipinski definition) is 2. The molecule has 0 radical (unpaired) electrons. The smallest absolute Gasteiger partial charge is 1.00 e. The fraction of sp³-hybridized carbons (Fsp3) is 0.800. The van der Waals surface area contributed by atoms with Crippen LogP contribution in [-0.4, -0.2) is 23.6 Å². The predicted octanol–water partition coefficient (Wildman–Crippen LogP) is -0.790. The van der Waals surface area contributed by atoms with Crippen LogP contribution in [0.1, 0.15) is 41.0 Å². The Morgan fingerprint density at radius 1 is 0.941 bits per heavy atom. The first kappa shape index (κ1) is 22.2. The number of unbranched alkanes of at least 4 members (excludes halogenated alkanes) is 2. The molecule has 98 valence electrons. The Hall–Kier alpha value is -0.0226. The molecule has 4 N–H and O–H groups in total. The van der Waals surface area contributed by atoms with Gasteiger partial charge < -0.3 is 22.4 Å². The monoisotopic (exact) mass is 274 g/mol. The summed E-state index contributed by atoms with van der Waals surface area (Å²) in [5.74, 6) is 0. The molecule has 0 aliphatic rings. The second-order valence-corrected chi connectivity index (χ2v) is 3.85. The van der Waals surface area contributed by atoms with Crippen molar-refractivity contribution in [1.82, 2.24) is 0 Å². The number of hydrogen-bond acceptors (Lipinski definition) is 4. The van der Waals surface area contributed by atoms with Crippen LogP contribution in [0, 0.1) is 0 Å². The van der Waals surface area contributed by atoms with Crippen LogP contribution >= 0.6 is 24.4 Å². The standard InChI is InChI=1S/2C5H11NOS.Li.H/c2*1-2-3-4-7-5(6)8;;/h2*2-4H2,1H3,(H2,6,8);;/q;;+1;-1. The van der Waals surface area contributed by atoms with Crippen LogP contribution < -0.4 is 30.3 Å². The molecule has 0 fully saturated rings. The molecule has 0 aromatic heterocycles. The van der Waals surface area contributed by atoms with Crippen molar-refractivity contribution in [2.75, 3.05) is 13.2 Å². The average molecular weight is 274 g/mol.